The van der Waals surface area contributed by atoms with E-state index in [2.05, 4.69) is 13.8 Å². The molecule has 0 aromatic carbocycles. The summed E-state index contributed by atoms with van der Waals surface area (Å²) in [6.45, 7) is 8.58. The van der Waals surface area contributed by atoms with Crippen LogP contribution in [0.1, 0.15) is 124 Å². The van der Waals surface area contributed by atoms with Crippen molar-refractivity contribution in [3.8, 4) is 0 Å². The quantitative estimate of drug-likeness (QED) is 0.281. The van der Waals surface area contributed by atoms with Crippen LogP contribution in [0.5, 0.6) is 0 Å². The van der Waals surface area contributed by atoms with Crippen molar-refractivity contribution in [2.24, 2.45) is 0 Å². The van der Waals surface area contributed by atoms with Gasteiger partial charge in [0.15, 0.2) is 0 Å². The first-order chi connectivity index (χ1) is 9.41. The fourth-order valence-corrected chi connectivity index (χ4v) is 2.44. The van der Waals surface area contributed by atoms with Gasteiger partial charge in [-0.25, -0.2) is 0 Å². The van der Waals surface area contributed by atoms with Crippen molar-refractivity contribution in [2.75, 3.05) is 0 Å². The molecular weight excluding hydrogens is 228 g/mol. The van der Waals surface area contributed by atoms with Gasteiger partial charge in [-0.15, -0.1) is 0 Å². The summed E-state index contributed by atoms with van der Waals surface area (Å²) in [6, 6.07) is 0. The van der Waals surface area contributed by atoms with E-state index in [0.29, 0.717) is 0 Å². The molecule has 0 spiro atoms. The molecule has 0 saturated carbocycles. The highest BCUT2D eigenvalue weighted by Crippen LogP contribution is 2.13. The molecule has 0 saturated heterocycles. The molecule has 0 aliphatic carbocycles. The summed E-state index contributed by atoms with van der Waals surface area (Å²) in [7, 11) is 0. The molecule has 0 aliphatic heterocycles. The van der Waals surface area contributed by atoms with E-state index in [1.165, 1.54) is 96.3 Å². The standard InChI is InChI=1S/C17H36.C2H6/c1-3-5-7-9-11-13-15-17-16-14-12-10-8-6-4-2;1-2/h3-17H2,1-2H3;1-2H3. The average Bonchev–Trinajstić information content (AvgIpc) is 2.46. The van der Waals surface area contributed by atoms with Crippen LogP contribution in [0.2, 0.25) is 0 Å². The molecule has 0 aromatic heterocycles. The molecule has 0 aromatic rings. The van der Waals surface area contributed by atoms with E-state index < -0.39 is 0 Å². The molecular formula is C19H42. The average molecular weight is 271 g/mol. The number of hydrogen-bond acceptors (Lipinski definition) is 0. The van der Waals surface area contributed by atoms with E-state index in [0.717, 1.165) is 0 Å². The van der Waals surface area contributed by atoms with Crippen molar-refractivity contribution in [2.45, 2.75) is 124 Å². The molecule has 0 N–H and O–H groups in total. The molecule has 19 heavy (non-hydrogen) atoms. The highest BCUT2D eigenvalue weighted by Gasteiger charge is 1.93. The Morgan fingerprint density at radius 2 is 0.474 bits per heavy atom. The fraction of sp³-hybridized carbons (Fsp3) is 1.00. The van der Waals surface area contributed by atoms with Gasteiger partial charge in [0.2, 0.25) is 0 Å². The highest BCUT2D eigenvalue weighted by atomic mass is 14.0. The minimum absolute atomic E-state index is 1.37. The SMILES string of the molecule is CC.CCCCCCCCCCCCCCCCC. The van der Waals surface area contributed by atoms with Crippen LogP contribution < -0.4 is 0 Å². The second kappa shape index (κ2) is 23.1. The van der Waals surface area contributed by atoms with Gasteiger partial charge in [-0.3, -0.25) is 0 Å². The Labute approximate surface area is 124 Å². The largest absolute Gasteiger partial charge is 0.0683 e. The molecule has 118 valence electrons. The minimum Gasteiger partial charge on any atom is -0.0683 e. The van der Waals surface area contributed by atoms with Crippen LogP contribution >= 0.6 is 0 Å². The Morgan fingerprint density at radius 3 is 0.632 bits per heavy atom. The molecule has 0 unspecified atom stereocenters. The summed E-state index contributed by atoms with van der Waals surface area (Å²) in [4.78, 5) is 0. The van der Waals surface area contributed by atoms with E-state index in [1.807, 2.05) is 13.8 Å². The Hall–Kier alpha value is 0. The second-order valence-electron chi connectivity index (χ2n) is 5.60. The molecule has 0 heterocycles. The third-order valence-electron chi connectivity index (χ3n) is 3.71. The molecule has 0 fully saturated rings. The Morgan fingerprint density at radius 1 is 0.316 bits per heavy atom. The smallest absolute Gasteiger partial charge is 0.0533 e. The van der Waals surface area contributed by atoms with Gasteiger partial charge in [-0.05, 0) is 0 Å². The Balaban J connectivity index is 0. The van der Waals surface area contributed by atoms with Crippen LogP contribution in [0.4, 0.5) is 0 Å². The van der Waals surface area contributed by atoms with Crippen molar-refractivity contribution in [1.29, 1.82) is 0 Å². The predicted octanol–water partition coefficient (Wildman–Crippen LogP) is 7.90. The zero-order valence-corrected chi connectivity index (χ0v) is 14.6. The molecule has 0 radical (unpaired) electrons. The summed E-state index contributed by atoms with van der Waals surface area (Å²) in [5.41, 5.74) is 0. The molecule has 0 nitrogen and oxygen atoms in total. The topological polar surface area (TPSA) is 0 Å². The lowest BCUT2D eigenvalue weighted by molar-refractivity contribution is 0.534. The van der Waals surface area contributed by atoms with E-state index in [-0.39, 0.29) is 0 Å². The van der Waals surface area contributed by atoms with Crippen LogP contribution in [-0.2, 0) is 0 Å². The van der Waals surface area contributed by atoms with Gasteiger partial charge in [-0.1, -0.05) is 124 Å². The van der Waals surface area contributed by atoms with Crippen LogP contribution in [-0.4, -0.2) is 0 Å². The number of unbranched alkanes of at least 4 members (excludes halogenated alkanes) is 14. The van der Waals surface area contributed by atoms with E-state index in [9.17, 15) is 0 Å². The van der Waals surface area contributed by atoms with Crippen molar-refractivity contribution < 1.29 is 0 Å². The summed E-state index contributed by atoms with van der Waals surface area (Å²) in [5, 5.41) is 0. The molecule has 0 atom stereocenters. The van der Waals surface area contributed by atoms with Gasteiger partial charge in [0.05, 0.1) is 0 Å². The van der Waals surface area contributed by atoms with Crippen molar-refractivity contribution in [3.05, 3.63) is 0 Å². The lowest BCUT2D eigenvalue weighted by Gasteiger charge is -2.02. The highest BCUT2D eigenvalue weighted by molar-refractivity contribution is 4.48. The number of hydrogen-bond donors (Lipinski definition) is 0. The second-order valence-corrected chi connectivity index (χ2v) is 5.60. The minimum atomic E-state index is 1.37. The lowest BCUT2D eigenvalue weighted by atomic mass is 10.0. The van der Waals surface area contributed by atoms with Gasteiger partial charge in [-0.2, -0.15) is 0 Å². The van der Waals surface area contributed by atoms with E-state index >= 15 is 0 Å². The maximum Gasteiger partial charge on any atom is -0.0533 e. The molecule has 0 rings (SSSR count). The first-order valence-electron chi connectivity index (χ1n) is 9.41. The third kappa shape index (κ3) is 23.5. The number of rotatable bonds is 14. The maximum atomic E-state index is 2.29. The maximum absolute atomic E-state index is 2.29. The van der Waals surface area contributed by atoms with Crippen LogP contribution in [0.15, 0.2) is 0 Å². The Bertz CT molecular complexity index is 103. The fourth-order valence-electron chi connectivity index (χ4n) is 2.44. The van der Waals surface area contributed by atoms with E-state index in [4.69, 9.17) is 0 Å². The van der Waals surface area contributed by atoms with Crippen LogP contribution in [0, 0.1) is 0 Å². The molecule has 0 aliphatic rings. The summed E-state index contributed by atoms with van der Waals surface area (Å²) >= 11 is 0. The predicted molar refractivity (Wildman–Crippen MR) is 92.0 cm³/mol. The van der Waals surface area contributed by atoms with Crippen molar-refractivity contribution in [1.82, 2.24) is 0 Å². The van der Waals surface area contributed by atoms with Gasteiger partial charge in [0.25, 0.3) is 0 Å². The van der Waals surface area contributed by atoms with Crippen molar-refractivity contribution in [3.63, 3.8) is 0 Å². The van der Waals surface area contributed by atoms with Gasteiger partial charge < -0.3 is 0 Å². The first-order valence-corrected chi connectivity index (χ1v) is 9.41. The zero-order chi connectivity index (χ0) is 14.6. The van der Waals surface area contributed by atoms with Crippen molar-refractivity contribution >= 4 is 0 Å². The molecule has 0 heteroatoms. The monoisotopic (exact) mass is 270 g/mol. The normalized spacial score (nSPS) is 10.1. The zero-order valence-electron chi connectivity index (χ0n) is 14.6. The van der Waals surface area contributed by atoms with Gasteiger partial charge >= 0.3 is 0 Å². The van der Waals surface area contributed by atoms with E-state index in [1.54, 1.807) is 0 Å². The van der Waals surface area contributed by atoms with Crippen LogP contribution in [0.25, 0.3) is 0 Å². The van der Waals surface area contributed by atoms with Gasteiger partial charge in [0, 0.05) is 0 Å². The Kier molecular flexibility index (Phi) is 25.9. The lowest BCUT2D eigenvalue weighted by Crippen LogP contribution is -1.82. The summed E-state index contributed by atoms with van der Waals surface area (Å²) < 4.78 is 0. The summed E-state index contributed by atoms with van der Waals surface area (Å²) in [6.07, 6.45) is 21.9. The molecule has 0 bridgehead atoms. The first kappa shape index (κ1) is 21.3. The third-order valence-corrected chi connectivity index (χ3v) is 3.71. The summed E-state index contributed by atoms with van der Waals surface area (Å²) in [5.74, 6) is 0. The molecule has 0 amide bonds. The van der Waals surface area contributed by atoms with Gasteiger partial charge in [0.1, 0.15) is 0 Å². The van der Waals surface area contributed by atoms with Crippen LogP contribution in [0.3, 0.4) is 0 Å².